The number of hydrogen-bond donors (Lipinski definition) is 2. The van der Waals surface area contributed by atoms with E-state index >= 15 is 0 Å². The third kappa shape index (κ3) is 6.32. The number of carbonyl (C=O) groups excluding carboxylic acids is 2. The lowest BCUT2D eigenvalue weighted by Crippen LogP contribution is -2.63. The summed E-state index contributed by atoms with van der Waals surface area (Å²) in [7, 11) is 0. The van der Waals surface area contributed by atoms with Crippen molar-refractivity contribution in [2.45, 2.75) is 50.7 Å². The number of piperazine rings is 1. The van der Waals surface area contributed by atoms with E-state index < -0.39 is 6.04 Å². The molecule has 41 heavy (non-hydrogen) atoms. The largest absolute Gasteiger partial charge is 0.486 e. The number of nitrogens with zero attached hydrogens (tertiary/aromatic N) is 6. The second-order valence-electron chi connectivity index (χ2n) is 10.5. The molecule has 1 aromatic carbocycles. The van der Waals surface area contributed by atoms with Crippen molar-refractivity contribution in [2.24, 2.45) is 0 Å². The molecule has 3 amide bonds. The lowest BCUT2D eigenvalue weighted by Gasteiger charge is -2.41. The van der Waals surface area contributed by atoms with Gasteiger partial charge >= 0.3 is 6.03 Å². The second-order valence-corrected chi connectivity index (χ2v) is 10.8. The molecule has 0 radical (unpaired) electrons. The van der Waals surface area contributed by atoms with Gasteiger partial charge in [0.2, 0.25) is 11.9 Å². The molecule has 1 atom stereocenters. The normalized spacial score (nSPS) is 19.1. The van der Waals surface area contributed by atoms with E-state index in [1.807, 2.05) is 23.1 Å². The molecule has 216 valence electrons. The number of imidazole rings is 1. The molecular weight excluding hydrogens is 548 g/mol. The number of urea groups is 1. The third-order valence-corrected chi connectivity index (χ3v) is 7.87. The molecule has 4 heterocycles. The van der Waals surface area contributed by atoms with Gasteiger partial charge < -0.3 is 29.9 Å². The fourth-order valence-corrected chi connectivity index (χ4v) is 5.69. The average Bonchev–Trinajstić information content (AvgIpc) is 3.55. The number of carbonyl (C=O) groups is 2. The minimum Gasteiger partial charge on any atom is -0.486 e. The Bertz CT molecular complexity index is 1380. The van der Waals surface area contributed by atoms with Gasteiger partial charge in [0.05, 0.1) is 0 Å². The Labute approximate surface area is 243 Å². The van der Waals surface area contributed by atoms with Crippen molar-refractivity contribution in [2.75, 3.05) is 37.7 Å². The van der Waals surface area contributed by atoms with Crippen LogP contribution in [0.4, 0.5) is 10.6 Å². The Morgan fingerprint density at radius 1 is 1.02 bits per heavy atom. The maximum absolute atomic E-state index is 13.7. The highest BCUT2D eigenvalue weighted by molar-refractivity contribution is 6.29. The zero-order valence-electron chi connectivity index (χ0n) is 22.7. The number of anilines is 1. The number of benzene rings is 1. The van der Waals surface area contributed by atoms with E-state index in [-0.39, 0.29) is 36.2 Å². The van der Waals surface area contributed by atoms with E-state index in [2.05, 4.69) is 25.6 Å². The summed E-state index contributed by atoms with van der Waals surface area (Å²) in [6.45, 7) is 2.38. The first-order chi connectivity index (χ1) is 20.0. The molecule has 3 aromatic rings. The van der Waals surface area contributed by atoms with Crippen molar-refractivity contribution in [3.63, 3.8) is 0 Å². The summed E-state index contributed by atoms with van der Waals surface area (Å²) in [5, 5.41) is 6.47. The number of rotatable bonds is 6. The molecule has 3 aliphatic rings. The highest BCUT2D eigenvalue weighted by atomic mass is 35.5. The minimum atomic E-state index is -0.741. The van der Waals surface area contributed by atoms with Crippen molar-refractivity contribution in [3.8, 4) is 17.4 Å². The fraction of sp³-hybridized carbons (Fsp3) is 0.464. The van der Waals surface area contributed by atoms with Crippen molar-refractivity contribution >= 4 is 29.4 Å². The van der Waals surface area contributed by atoms with Gasteiger partial charge in [-0.05, 0) is 30.5 Å². The highest BCUT2D eigenvalue weighted by Gasteiger charge is 2.37. The first-order valence-corrected chi connectivity index (χ1v) is 14.4. The van der Waals surface area contributed by atoms with Gasteiger partial charge in [-0.2, -0.15) is 4.98 Å². The van der Waals surface area contributed by atoms with Gasteiger partial charge in [-0.3, -0.25) is 9.36 Å². The predicted molar refractivity (Wildman–Crippen MR) is 152 cm³/mol. The number of ether oxygens (including phenoxy) is 2. The van der Waals surface area contributed by atoms with E-state index in [1.54, 1.807) is 34.3 Å². The Morgan fingerprint density at radius 3 is 2.66 bits per heavy atom. The molecule has 2 aliphatic heterocycles. The molecule has 2 aromatic heterocycles. The molecule has 1 saturated carbocycles. The van der Waals surface area contributed by atoms with Gasteiger partial charge in [-0.25, -0.2) is 14.8 Å². The van der Waals surface area contributed by atoms with Gasteiger partial charge in [-0.15, -0.1) is 0 Å². The van der Waals surface area contributed by atoms with Gasteiger partial charge in [0.15, 0.2) is 11.5 Å². The minimum absolute atomic E-state index is 0.133. The van der Waals surface area contributed by atoms with Crippen molar-refractivity contribution in [3.05, 3.63) is 53.7 Å². The van der Waals surface area contributed by atoms with Gasteiger partial charge in [0, 0.05) is 50.7 Å². The molecule has 2 N–H and O–H groups in total. The summed E-state index contributed by atoms with van der Waals surface area (Å²) in [5.74, 6) is 2.05. The van der Waals surface area contributed by atoms with Crippen LogP contribution in [0.3, 0.4) is 0 Å². The topological polar surface area (TPSA) is 127 Å². The Kier molecular flexibility index (Phi) is 8.08. The molecule has 2 fully saturated rings. The van der Waals surface area contributed by atoms with Crippen LogP contribution in [-0.2, 0) is 11.3 Å². The van der Waals surface area contributed by atoms with E-state index in [1.165, 1.54) is 6.42 Å². The lowest BCUT2D eigenvalue weighted by atomic mass is 9.95. The summed E-state index contributed by atoms with van der Waals surface area (Å²) >= 11 is 6.36. The number of nitrogens with one attached hydrogen (secondary N) is 2. The van der Waals surface area contributed by atoms with Crippen LogP contribution < -0.4 is 25.0 Å². The molecule has 12 nitrogen and oxygen atoms in total. The van der Waals surface area contributed by atoms with E-state index in [9.17, 15) is 9.59 Å². The molecule has 1 saturated heterocycles. The van der Waals surface area contributed by atoms with Gasteiger partial charge in [0.25, 0.3) is 0 Å². The first-order valence-electron chi connectivity index (χ1n) is 14.0. The molecule has 0 bridgehead atoms. The van der Waals surface area contributed by atoms with E-state index in [0.717, 1.165) is 31.2 Å². The van der Waals surface area contributed by atoms with Crippen LogP contribution in [0.1, 0.15) is 37.7 Å². The standard InChI is InChI=1S/C28H33ClN8O4/c29-24-15-25(34-27(33-24)36-9-8-30-18-36)35-10-11-37(28(39)32-20-4-2-1-3-5-20)21(17-35)26(38)31-16-19-6-7-22-23(14-19)41-13-12-40-22/h6-9,14-15,18,20-21H,1-5,10-13,16-17H2,(H,31,38)(H,32,39). The zero-order valence-corrected chi connectivity index (χ0v) is 23.4. The number of aromatic nitrogens is 4. The number of halogens is 1. The van der Waals surface area contributed by atoms with Crippen LogP contribution in [0, 0.1) is 0 Å². The summed E-state index contributed by atoms with van der Waals surface area (Å²) < 4.78 is 13.0. The number of fused-ring (bicyclic) bond motifs is 1. The van der Waals surface area contributed by atoms with Gasteiger partial charge in [0.1, 0.15) is 36.6 Å². The van der Waals surface area contributed by atoms with Crippen LogP contribution in [0.5, 0.6) is 11.5 Å². The first kappa shape index (κ1) is 27.1. The maximum atomic E-state index is 13.7. The lowest BCUT2D eigenvalue weighted by molar-refractivity contribution is -0.125. The maximum Gasteiger partial charge on any atom is 0.318 e. The summed E-state index contributed by atoms with van der Waals surface area (Å²) in [4.78, 5) is 43.8. The molecule has 6 rings (SSSR count). The predicted octanol–water partition coefficient (Wildman–Crippen LogP) is 2.94. The van der Waals surface area contributed by atoms with Crippen LogP contribution in [-0.4, -0.2) is 81.3 Å². The Morgan fingerprint density at radius 2 is 1.85 bits per heavy atom. The van der Waals surface area contributed by atoms with Crippen molar-refractivity contribution < 1.29 is 19.1 Å². The quantitative estimate of drug-likeness (QED) is 0.426. The second kappa shape index (κ2) is 12.2. The summed E-state index contributed by atoms with van der Waals surface area (Å²) in [5.41, 5.74) is 0.876. The third-order valence-electron chi connectivity index (χ3n) is 7.68. The van der Waals surface area contributed by atoms with E-state index in [0.29, 0.717) is 49.6 Å². The average molecular weight is 581 g/mol. The monoisotopic (exact) mass is 580 g/mol. The van der Waals surface area contributed by atoms with Crippen molar-refractivity contribution in [1.29, 1.82) is 0 Å². The summed E-state index contributed by atoms with van der Waals surface area (Å²) in [6, 6.07) is 6.47. The zero-order chi connectivity index (χ0) is 28.2. The SMILES string of the molecule is O=C(NCc1ccc2c(c1)OCCO2)C1CN(c2cc(Cl)nc(-n3ccnc3)n2)CCN1C(=O)NC1CCCCC1. The van der Waals surface area contributed by atoms with Crippen LogP contribution in [0.15, 0.2) is 43.0 Å². The van der Waals surface area contributed by atoms with E-state index in [4.69, 9.17) is 21.1 Å². The Hall–Kier alpha value is -4.06. The van der Waals surface area contributed by atoms with Crippen molar-refractivity contribution in [1.82, 2.24) is 35.1 Å². The fourth-order valence-electron chi connectivity index (χ4n) is 5.52. The van der Waals surface area contributed by atoms with Crippen LogP contribution in [0.2, 0.25) is 5.15 Å². The van der Waals surface area contributed by atoms with Gasteiger partial charge in [-0.1, -0.05) is 36.9 Å². The number of amides is 3. The molecular formula is C28H33ClN8O4. The van der Waals surface area contributed by atoms with Crippen LogP contribution in [0.25, 0.3) is 5.95 Å². The molecule has 13 heteroatoms. The molecule has 0 spiro atoms. The Balaban J connectivity index is 1.20. The van der Waals surface area contributed by atoms with Crippen LogP contribution >= 0.6 is 11.6 Å². The number of hydrogen-bond acceptors (Lipinski definition) is 8. The smallest absolute Gasteiger partial charge is 0.318 e. The summed E-state index contributed by atoms with van der Waals surface area (Å²) in [6.07, 6.45) is 10.3. The highest BCUT2D eigenvalue weighted by Crippen LogP contribution is 2.31. The molecule has 1 unspecified atom stereocenters. The molecule has 1 aliphatic carbocycles.